The number of Topliss-reactive ketones (excluding diaryl/α,β-unsaturated/α-hetero) is 1. The Balaban J connectivity index is 1.26. The van der Waals surface area contributed by atoms with Crippen molar-refractivity contribution in [1.29, 1.82) is 0 Å². The molecule has 6 atom stereocenters. The van der Waals surface area contributed by atoms with Crippen LogP contribution in [0, 0.1) is 33.8 Å². The molecule has 0 unspecified atom stereocenters. The first kappa shape index (κ1) is 30.7. The highest BCUT2D eigenvalue weighted by molar-refractivity contribution is 9.12. The van der Waals surface area contributed by atoms with Gasteiger partial charge in [-0.3, -0.25) is 29.3 Å². The molecule has 0 N–H and O–H groups in total. The number of amides is 3. The Morgan fingerprint density at radius 1 is 0.909 bits per heavy atom. The molecule has 0 spiro atoms. The fourth-order valence-electron chi connectivity index (χ4n) is 6.31. The molecule has 1 aliphatic heterocycles. The molecule has 3 amide bonds. The molecule has 10 nitrogen and oxygen atoms in total. The lowest BCUT2D eigenvalue weighted by Crippen LogP contribution is -2.52. The topological polar surface area (TPSA) is 127 Å². The fraction of sp³-hybridized carbons (Fsp3) is 0.267. The third-order valence-electron chi connectivity index (χ3n) is 8.35. The van der Waals surface area contributed by atoms with E-state index in [1.54, 1.807) is 0 Å². The van der Waals surface area contributed by atoms with Crippen LogP contribution in [0.5, 0.6) is 11.5 Å². The molecule has 44 heavy (non-hydrogen) atoms. The number of carbonyl (C=O) groups excluding carboxylic acids is 4. The Labute approximate surface area is 277 Å². The summed E-state index contributed by atoms with van der Waals surface area (Å²) in [6.07, 6.45) is 0.705. The first-order chi connectivity index (χ1) is 21.0. The van der Waals surface area contributed by atoms with E-state index in [4.69, 9.17) is 27.9 Å². The number of hydrogen-bond donors (Lipinski definition) is 0. The molecule has 14 heteroatoms. The number of benzene rings is 3. The quantitative estimate of drug-likeness (QED) is 0.0820. The monoisotopic (exact) mass is 763 g/mol. The first-order valence-electron chi connectivity index (χ1n) is 13.4. The zero-order valence-corrected chi connectivity index (χ0v) is 27.1. The fourth-order valence-corrected chi connectivity index (χ4v) is 8.68. The lowest BCUT2D eigenvalue weighted by Gasteiger charge is -2.31. The molecule has 226 valence electrons. The number of rotatable bonds is 8. The van der Waals surface area contributed by atoms with Gasteiger partial charge in [0.05, 0.1) is 27.3 Å². The van der Waals surface area contributed by atoms with Gasteiger partial charge in [0.1, 0.15) is 18.0 Å². The lowest BCUT2D eigenvalue weighted by molar-refractivity contribution is -0.384. The van der Waals surface area contributed by atoms with Crippen LogP contribution < -0.4 is 4.74 Å². The number of nitro benzene ring substituents is 1. The van der Waals surface area contributed by atoms with Crippen molar-refractivity contribution in [1.82, 2.24) is 10.0 Å². The zero-order chi connectivity index (χ0) is 31.4. The van der Waals surface area contributed by atoms with Gasteiger partial charge in [-0.2, -0.15) is 5.01 Å². The number of fused-ring (bicyclic) bond motifs is 5. The molecule has 1 saturated heterocycles. The highest BCUT2D eigenvalue weighted by Crippen LogP contribution is 2.60. The van der Waals surface area contributed by atoms with E-state index in [2.05, 4.69) is 31.9 Å². The van der Waals surface area contributed by atoms with Crippen molar-refractivity contribution in [3.8, 4) is 11.5 Å². The molecular formula is C30H21Br2Cl2N3O7. The highest BCUT2D eigenvalue weighted by Gasteiger charge is 2.67. The number of hydrazine groups is 1. The summed E-state index contributed by atoms with van der Waals surface area (Å²) in [5.74, 6) is -3.05. The number of nitro groups is 1. The number of hydrogen-bond acceptors (Lipinski definition) is 7. The van der Waals surface area contributed by atoms with Gasteiger partial charge >= 0.3 is 0 Å². The van der Waals surface area contributed by atoms with Gasteiger partial charge < -0.3 is 4.74 Å². The summed E-state index contributed by atoms with van der Waals surface area (Å²) in [4.78, 5) is 65.4. The van der Waals surface area contributed by atoms with E-state index < -0.39 is 46.8 Å². The third-order valence-corrected chi connectivity index (χ3v) is 12.1. The normalized spacial score (nSPS) is 25.2. The number of carbonyl (C=O) groups is 4. The summed E-state index contributed by atoms with van der Waals surface area (Å²) in [5, 5.41) is 12.9. The van der Waals surface area contributed by atoms with Crippen LogP contribution >= 0.6 is 55.1 Å². The van der Waals surface area contributed by atoms with Crippen LogP contribution in [0.1, 0.15) is 27.1 Å². The maximum Gasteiger partial charge on any atom is 0.274 e. The van der Waals surface area contributed by atoms with E-state index in [-0.39, 0.29) is 48.3 Å². The molecule has 3 fully saturated rings. The minimum absolute atomic E-state index is 0.00585. The van der Waals surface area contributed by atoms with E-state index >= 15 is 0 Å². The predicted octanol–water partition coefficient (Wildman–Crippen LogP) is 6.71. The Bertz CT molecular complexity index is 1670. The van der Waals surface area contributed by atoms with Crippen LogP contribution in [0.4, 0.5) is 5.69 Å². The summed E-state index contributed by atoms with van der Waals surface area (Å²) in [5.41, 5.74) is 0.0945. The average Bonchev–Trinajstić information content (AvgIpc) is 3.61. The SMILES string of the molecule is O=C(CN(C(=O)c1ccc(Cl)cc1Cl)N1C(=O)[C@@H]2[C@H]3C[C@@H]([C@H](Br)[C@H]3Br)[C@H]2C1=O)c1ccc(Oc2ccc([N+](=O)[O-])cc2)cc1. The van der Waals surface area contributed by atoms with Crippen LogP contribution in [-0.2, 0) is 9.59 Å². The molecular weight excluding hydrogens is 745 g/mol. The summed E-state index contributed by atoms with van der Waals surface area (Å²) in [6.45, 7) is -0.609. The van der Waals surface area contributed by atoms with Crippen LogP contribution in [0.2, 0.25) is 10.0 Å². The highest BCUT2D eigenvalue weighted by atomic mass is 79.9. The number of imide groups is 1. The second-order valence-electron chi connectivity index (χ2n) is 10.8. The maximum atomic E-state index is 13.9. The van der Waals surface area contributed by atoms with Crippen molar-refractivity contribution in [3.63, 3.8) is 0 Å². The molecule has 2 saturated carbocycles. The number of alkyl halides is 2. The summed E-state index contributed by atoms with van der Waals surface area (Å²) in [7, 11) is 0. The van der Waals surface area contributed by atoms with Gasteiger partial charge in [0.2, 0.25) is 0 Å². The van der Waals surface area contributed by atoms with Gasteiger partial charge in [-0.1, -0.05) is 55.1 Å². The molecule has 3 aromatic rings. The van der Waals surface area contributed by atoms with E-state index in [1.165, 1.54) is 66.7 Å². The van der Waals surface area contributed by atoms with E-state index in [0.717, 1.165) is 10.0 Å². The van der Waals surface area contributed by atoms with Gasteiger partial charge in [-0.05, 0) is 72.9 Å². The molecule has 1 heterocycles. The van der Waals surface area contributed by atoms with Crippen molar-refractivity contribution in [2.24, 2.45) is 23.7 Å². The van der Waals surface area contributed by atoms with Gasteiger partial charge in [-0.15, -0.1) is 0 Å². The molecule has 6 rings (SSSR count). The number of non-ortho nitro benzene ring substituents is 1. The standard InChI is InChI=1S/C30H21Br2Cl2N3O7/c31-26-20-12-21(27(26)32)25-24(20)29(40)36(30(25)41)35(28(39)19-10-3-15(33)11-22(19)34)13-23(38)14-1-6-17(7-2-14)44-18-8-4-16(5-9-18)37(42)43/h1-11,20-21,24-27H,12-13H2/t20-,21-,24-,25-,26+,27+/m1/s1. The third kappa shape index (κ3) is 5.31. The van der Waals surface area contributed by atoms with E-state index in [9.17, 15) is 29.3 Å². The second-order valence-corrected chi connectivity index (χ2v) is 13.7. The van der Waals surface area contributed by atoms with Gasteiger partial charge in [0, 0.05) is 32.4 Å². The second kappa shape index (κ2) is 11.9. The van der Waals surface area contributed by atoms with Crippen LogP contribution in [0.3, 0.4) is 0 Å². The van der Waals surface area contributed by atoms with Crippen molar-refractivity contribution in [2.75, 3.05) is 6.54 Å². The van der Waals surface area contributed by atoms with Crippen LogP contribution in [0.25, 0.3) is 0 Å². The Morgan fingerprint density at radius 3 is 1.98 bits per heavy atom. The summed E-state index contributed by atoms with van der Waals surface area (Å²) < 4.78 is 5.71. The Kier molecular flexibility index (Phi) is 8.29. The molecule has 0 aromatic heterocycles. The molecule has 2 aliphatic carbocycles. The van der Waals surface area contributed by atoms with Gasteiger partial charge in [0.15, 0.2) is 5.78 Å². The minimum Gasteiger partial charge on any atom is -0.457 e. The summed E-state index contributed by atoms with van der Waals surface area (Å²) >= 11 is 19.7. The number of ketones is 1. The number of halogens is 4. The average molecular weight is 766 g/mol. The molecule has 3 aromatic carbocycles. The molecule has 3 aliphatic rings. The van der Waals surface area contributed by atoms with Crippen molar-refractivity contribution < 1.29 is 28.8 Å². The van der Waals surface area contributed by atoms with Gasteiger partial charge in [-0.25, -0.2) is 5.01 Å². The zero-order valence-electron chi connectivity index (χ0n) is 22.4. The van der Waals surface area contributed by atoms with Crippen molar-refractivity contribution in [3.05, 3.63) is 98.0 Å². The maximum absolute atomic E-state index is 13.9. The Morgan fingerprint density at radius 2 is 1.45 bits per heavy atom. The van der Waals surface area contributed by atoms with E-state index in [0.29, 0.717) is 17.9 Å². The number of ether oxygens (including phenoxy) is 1. The van der Waals surface area contributed by atoms with Crippen LogP contribution in [0.15, 0.2) is 66.7 Å². The van der Waals surface area contributed by atoms with Gasteiger partial charge in [0.25, 0.3) is 23.4 Å². The smallest absolute Gasteiger partial charge is 0.274 e. The number of nitrogens with zero attached hydrogens (tertiary/aromatic N) is 3. The largest absolute Gasteiger partial charge is 0.457 e. The lowest BCUT2D eigenvalue weighted by atomic mass is 9.81. The molecule has 0 radical (unpaired) electrons. The first-order valence-corrected chi connectivity index (χ1v) is 16.0. The molecule has 2 bridgehead atoms. The van der Waals surface area contributed by atoms with E-state index in [1.807, 2.05) is 0 Å². The predicted molar refractivity (Wildman–Crippen MR) is 167 cm³/mol. The van der Waals surface area contributed by atoms with Crippen molar-refractivity contribution >= 4 is 84.3 Å². The summed E-state index contributed by atoms with van der Waals surface area (Å²) in [6, 6.07) is 15.7. The van der Waals surface area contributed by atoms with Crippen LogP contribution in [-0.4, -0.2) is 54.6 Å². The minimum atomic E-state index is -0.794. The Hall–Kier alpha value is -3.32. The van der Waals surface area contributed by atoms with Crippen molar-refractivity contribution in [2.45, 2.75) is 16.1 Å².